The molecular weight excluding hydrogens is 260 g/mol. The first kappa shape index (κ1) is 16.1. The second kappa shape index (κ2) is 7.59. The Kier molecular flexibility index (Phi) is 6.11. The number of nitro benzene ring substituents is 1. The lowest BCUT2D eigenvalue weighted by Crippen LogP contribution is -2.31. The van der Waals surface area contributed by atoms with Crippen LogP contribution in [0.5, 0.6) is 0 Å². The summed E-state index contributed by atoms with van der Waals surface area (Å²) < 4.78 is 0. The van der Waals surface area contributed by atoms with Crippen LogP contribution < -0.4 is 0 Å². The highest BCUT2D eigenvalue weighted by atomic mass is 16.6. The molecule has 0 saturated heterocycles. The fourth-order valence-corrected chi connectivity index (χ4v) is 1.96. The number of hydrogen-bond donors (Lipinski definition) is 1. The van der Waals surface area contributed by atoms with Gasteiger partial charge in [-0.1, -0.05) is 12.1 Å². The van der Waals surface area contributed by atoms with Crippen molar-refractivity contribution in [1.82, 2.24) is 4.90 Å². The summed E-state index contributed by atoms with van der Waals surface area (Å²) in [4.78, 5) is 23.0. The van der Waals surface area contributed by atoms with Crippen LogP contribution >= 0.6 is 0 Å². The van der Waals surface area contributed by atoms with Gasteiger partial charge in [-0.15, -0.1) is 0 Å². The Morgan fingerprint density at radius 1 is 1.45 bits per heavy atom. The molecule has 0 aliphatic heterocycles. The van der Waals surface area contributed by atoms with Crippen molar-refractivity contribution >= 4 is 11.7 Å². The van der Waals surface area contributed by atoms with Crippen LogP contribution in [0.2, 0.25) is 0 Å². The Morgan fingerprint density at radius 3 is 2.70 bits per heavy atom. The van der Waals surface area contributed by atoms with Crippen LogP contribution in [0.1, 0.15) is 32.3 Å². The van der Waals surface area contributed by atoms with Gasteiger partial charge in [0.25, 0.3) is 5.69 Å². The van der Waals surface area contributed by atoms with Gasteiger partial charge in [0, 0.05) is 31.1 Å². The van der Waals surface area contributed by atoms with Crippen molar-refractivity contribution in [3.05, 3.63) is 39.9 Å². The van der Waals surface area contributed by atoms with Crippen LogP contribution in [0.4, 0.5) is 5.69 Å². The van der Waals surface area contributed by atoms with E-state index in [1.54, 1.807) is 12.1 Å². The Bertz CT molecular complexity index is 474. The third-order valence-electron chi connectivity index (χ3n) is 3.07. The van der Waals surface area contributed by atoms with Crippen LogP contribution in [0, 0.1) is 10.1 Å². The molecule has 0 radical (unpaired) electrons. The maximum absolute atomic E-state index is 10.7. The molecule has 0 aliphatic rings. The molecule has 0 unspecified atom stereocenters. The van der Waals surface area contributed by atoms with E-state index < -0.39 is 10.9 Å². The summed E-state index contributed by atoms with van der Waals surface area (Å²) in [5.74, 6) is -0.802. The zero-order valence-corrected chi connectivity index (χ0v) is 11.8. The SMILES string of the molecule is CC(C)N(CCCC(=O)O)Cc1cccc([N+](=O)[O-])c1. The molecule has 1 aromatic carbocycles. The number of nitrogens with zero attached hydrogens (tertiary/aromatic N) is 2. The molecule has 0 spiro atoms. The number of rotatable bonds is 8. The van der Waals surface area contributed by atoms with Gasteiger partial charge < -0.3 is 5.11 Å². The molecule has 0 atom stereocenters. The Balaban J connectivity index is 2.67. The monoisotopic (exact) mass is 280 g/mol. The Hall–Kier alpha value is -1.95. The summed E-state index contributed by atoms with van der Waals surface area (Å²) in [5.41, 5.74) is 0.944. The van der Waals surface area contributed by atoms with Gasteiger partial charge in [0.1, 0.15) is 0 Å². The summed E-state index contributed by atoms with van der Waals surface area (Å²) in [5, 5.41) is 19.4. The number of non-ortho nitro benzene ring substituents is 1. The zero-order chi connectivity index (χ0) is 15.1. The summed E-state index contributed by atoms with van der Waals surface area (Å²) in [6.07, 6.45) is 0.709. The van der Waals surface area contributed by atoms with Gasteiger partial charge >= 0.3 is 5.97 Å². The third-order valence-corrected chi connectivity index (χ3v) is 3.07. The number of carbonyl (C=O) groups is 1. The summed E-state index contributed by atoms with van der Waals surface area (Å²) in [6, 6.07) is 6.80. The van der Waals surface area contributed by atoms with Crippen molar-refractivity contribution in [2.45, 2.75) is 39.3 Å². The van der Waals surface area contributed by atoms with E-state index in [2.05, 4.69) is 4.90 Å². The fourth-order valence-electron chi connectivity index (χ4n) is 1.96. The molecule has 6 heteroatoms. The van der Waals surface area contributed by atoms with E-state index in [1.165, 1.54) is 6.07 Å². The largest absolute Gasteiger partial charge is 0.481 e. The van der Waals surface area contributed by atoms with E-state index in [0.717, 1.165) is 5.56 Å². The van der Waals surface area contributed by atoms with Gasteiger partial charge in [0.05, 0.1) is 4.92 Å². The van der Waals surface area contributed by atoms with E-state index in [0.29, 0.717) is 19.5 Å². The van der Waals surface area contributed by atoms with E-state index in [9.17, 15) is 14.9 Å². The maximum Gasteiger partial charge on any atom is 0.303 e. The number of aliphatic carboxylic acids is 1. The van der Waals surface area contributed by atoms with Crippen molar-refractivity contribution in [2.24, 2.45) is 0 Å². The Morgan fingerprint density at radius 2 is 2.15 bits per heavy atom. The zero-order valence-electron chi connectivity index (χ0n) is 11.8. The number of carboxylic acids is 1. The molecule has 0 bridgehead atoms. The van der Waals surface area contributed by atoms with Crippen molar-refractivity contribution in [2.75, 3.05) is 6.54 Å². The molecular formula is C14H20N2O4. The molecule has 1 N–H and O–H groups in total. The minimum Gasteiger partial charge on any atom is -0.481 e. The first-order valence-electron chi connectivity index (χ1n) is 6.59. The quantitative estimate of drug-likeness (QED) is 0.584. The van der Waals surface area contributed by atoms with Gasteiger partial charge in [0.2, 0.25) is 0 Å². The summed E-state index contributed by atoms with van der Waals surface area (Å²) in [6.45, 7) is 5.29. The molecule has 1 aromatic rings. The molecule has 0 fully saturated rings. The minimum atomic E-state index is -0.802. The summed E-state index contributed by atoms with van der Waals surface area (Å²) >= 11 is 0. The van der Waals surface area contributed by atoms with Crippen molar-refractivity contribution in [1.29, 1.82) is 0 Å². The smallest absolute Gasteiger partial charge is 0.303 e. The molecule has 0 saturated carbocycles. The molecule has 1 rings (SSSR count). The van der Waals surface area contributed by atoms with Gasteiger partial charge in [-0.05, 0) is 32.4 Å². The molecule has 0 amide bonds. The van der Waals surface area contributed by atoms with E-state index >= 15 is 0 Å². The van der Waals surface area contributed by atoms with Crippen LogP contribution in [-0.4, -0.2) is 33.5 Å². The first-order chi connectivity index (χ1) is 9.40. The van der Waals surface area contributed by atoms with Crippen LogP contribution in [0.3, 0.4) is 0 Å². The number of hydrogen-bond acceptors (Lipinski definition) is 4. The van der Waals surface area contributed by atoms with E-state index in [-0.39, 0.29) is 18.2 Å². The van der Waals surface area contributed by atoms with Gasteiger partial charge in [-0.3, -0.25) is 19.8 Å². The lowest BCUT2D eigenvalue weighted by molar-refractivity contribution is -0.384. The average molecular weight is 280 g/mol. The van der Waals surface area contributed by atoms with Crippen LogP contribution in [-0.2, 0) is 11.3 Å². The average Bonchev–Trinajstić information content (AvgIpc) is 2.37. The molecule has 0 aromatic heterocycles. The molecule has 0 aliphatic carbocycles. The van der Waals surface area contributed by atoms with Gasteiger partial charge in [-0.25, -0.2) is 0 Å². The van der Waals surface area contributed by atoms with Gasteiger partial charge in [-0.2, -0.15) is 0 Å². The molecule has 110 valence electrons. The van der Waals surface area contributed by atoms with Crippen molar-refractivity contribution in [3.63, 3.8) is 0 Å². The maximum atomic E-state index is 10.7. The van der Waals surface area contributed by atoms with E-state index in [1.807, 2.05) is 19.9 Å². The highest BCUT2D eigenvalue weighted by Gasteiger charge is 2.13. The van der Waals surface area contributed by atoms with Gasteiger partial charge in [0.15, 0.2) is 0 Å². The van der Waals surface area contributed by atoms with Crippen molar-refractivity contribution in [3.8, 4) is 0 Å². The normalized spacial score (nSPS) is 11.0. The predicted molar refractivity (Wildman–Crippen MR) is 75.5 cm³/mol. The topological polar surface area (TPSA) is 83.7 Å². The second-order valence-electron chi connectivity index (χ2n) is 4.99. The summed E-state index contributed by atoms with van der Waals surface area (Å²) in [7, 11) is 0. The van der Waals surface area contributed by atoms with E-state index in [4.69, 9.17) is 5.11 Å². The standard InChI is InChI=1S/C14H20N2O4/c1-11(2)15(8-4-7-14(17)18)10-12-5-3-6-13(9-12)16(19)20/h3,5-6,9,11H,4,7-8,10H2,1-2H3,(H,17,18). The van der Waals surface area contributed by atoms with Crippen LogP contribution in [0.15, 0.2) is 24.3 Å². The van der Waals surface area contributed by atoms with Crippen molar-refractivity contribution < 1.29 is 14.8 Å². The third kappa shape index (κ3) is 5.36. The van der Waals surface area contributed by atoms with Crippen LogP contribution in [0.25, 0.3) is 0 Å². The highest BCUT2D eigenvalue weighted by molar-refractivity contribution is 5.66. The molecule has 0 heterocycles. The molecule has 6 nitrogen and oxygen atoms in total. The lowest BCUT2D eigenvalue weighted by Gasteiger charge is -2.26. The number of carboxylic acid groups (broad SMARTS) is 1. The number of nitro groups is 1. The second-order valence-corrected chi connectivity index (χ2v) is 4.99. The Labute approximate surface area is 118 Å². The minimum absolute atomic E-state index is 0.0803. The fraction of sp³-hybridized carbons (Fsp3) is 0.500. The predicted octanol–water partition coefficient (Wildman–Crippen LogP) is 2.67. The first-order valence-corrected chi connectivity index (χ1v) is 6.59. The highest BCUT2D eigenvalue weighted by Crippen LogP contribution is 2.16. The number of benzene rings is 1. The molecule has 20 heavy (non-hydrogen) atoms. The lowest BCUT2D eigenvalue weighted by atomic mass is 10.1.